The number of anilines is 2. The number of carbonyl (C=O) groups excluding carboxylic acids is 3. The molecule has 4 rings (SSSR count). The highest BCUT2D eigenvalue weighted by Gasteiger charge is 2.43. The summed E-state index contributed by atoms with van der Waals surface area (Å²) in [5.74, 6) is 0.767. The van der Waals surface area contributed by atoms with Gasteiger partial charge in [-0.25, -0.2) is 9.59 Å². The van der Waals surface area contributed by atoms with Gasteiger partial charge in [-0.1, -0.05) is 36.4 Å². The van der Waals surface area contributed by atoms with E-state index in [0.717, 1.165) is 50.0 Å². The number of nitrogens with two attached hydrogens (primary N) is 1. The van der Waals surface area contributed by atoms with Crippen LogP contribution in [0.3, 0.4) is 0 Å². The molecule has 2 atom stereocenters. The summed E-state index contributed by atoms with van der Waals surface area (Å²) in [6.45, 7) is 21.9. The van der Waals surface area contributed by atoms with Gasteiger partial charge >= 0.3 is 12.2 Å². The van der Waals surface area contributed by atoms with Crippen LogP contribution < -0.4 is 11.1 Å². The molecule has 0 radical (unpaired) electrons. The first-order valence-corrected chi connectivity index (χ1v) is 16.8. The van der Waals surface area contributed by atoms with Crippen molar-refractivity contribution in [3.05, 3.63) is 60.7 Å². The van der Waals surface area contributed by atoms with Gasteiger partial charge in [0.1, 0.15) is 17.5 Å². The van der Waals surface area contributed by atoms with Crippen molar-refractivity contribution >= 4 is 29.8 Å². The molecule has 2 fully saturated rings. The summed E-state index contributed by atoms with van der Waals surface area (Å²) in [4.78, 5) is 38.6. The van der Waals surface area contributed by atoms with E-state index in [2.05, 4.69) is 31.3 Å². The van der Waals surface area contributed by atoms with Crippen LogP contribution in [0.15, 0.2) is 60.7 Å². The molecule has 2 aliphatic heterocycles. The molecule has 2 unspecified atom stereocenters. The van der Waals surface area contributed by atoms with Gasteiger partial charge in [-0.2, -0.15) is 0 Å². The van der Waals surface area contributed by atoms with Crippen molar-refractivity contribution in [1.82, 2.24) is 9.80 Å². The predicted molar refractivity (Wildman–Crippen MR) is 191 cm³/mol. The van der Waals surface area contributed by atoms with E-state index in [0.29, 0.717) is 18.9 Å². The van der Waals surface area contributed by atoms with Crippen molar-refractivity contribution in [3.8, 4) is 0 Å². The minimum atomic E-state index is -0.476. The van der Waals surface area contributed by atoms with Crippen LogP contribution in [0.4, 0.5) is 21.0 Å². The summed E-state index contributed by atoms with van der Waals surface area (Å²) >= 11 is 0. The van der Waals surface area contributed by atoms with Gasteiger partial charge < -0.3 is 35.1 Å². The number of ether oxygens (including phenoxy) is 2. The van der Waals surface area contributed by atoms with Gasteiger partial charge in [-0.05, 0) is 125 Å². The Bertz CT molecular complexity index is 1250. The lowest BCUT2D eigenvalue weighted by atomic mass is 9.94. The van der Waals surface area contributed by atoms with Crippen LogP contribution in [0, 0.1) is 11.8 Å². The van der Waals surface area contributed by atoms with Crippen molar-refractivity contribution in [2.75, 3.05) is 30.7 Å². The van der Waals surface area contributed by atoms with Gasteiger partial charge in [-0.15, -0.1) is 0 Å². The summed E-state index contributed by atoms with van der Waals surface area (Å²) in [5, 5.41) is 3.45. The van der Waals surface area contributed by atoms with Crippen molar-refractivity contribution in [1.29, 1.82) is 0 Å². The number of hydrogen-bond acceptors (Lipinski definition) is 7. The molecule has 2 aromatic carbocycles. The summed E-state index contributed by atoms with van der Waals surface area (Å²) in [6, 6.07) is 19.7. The highest BCUT2D eigenvalue weighted by molar-refractivity contribution is 5.70. The van der Waals surface area contributed by atoms with Crippen LogP contribution in [-0.2, 0) is 14.3 Å². The number of nitrogens with one attached hydrogen (secondary N) is 1. The summed E-state index contributed by atoms with van der Waals surface area (Å²) < 4.78 is 10.9. The Kier molecular flexibility index (Phi) is 14.2. The second-order valence-electron chi connectivity index (χ2n) is 15.8. The van der Waals surface area contributed by atoms with Gasteiger partial charge in [0, 0.05) is 48.5 Å². The number of aldehydes is 1. The van der Waals surface area contributed by atoms with E-state index >= 15 is 0 Å². The zero-order valence-corrected chi connectivity index (χ0v) is 30.5. The standard InChI is InChI=1S/C19H30N2O2.C13H23NO3.C6H7N/c1-18(2,3)23-17(22)21-14-15(13-19(21,4)5)11-12-20-16-9-7-6-8-10-16;1-12(2,3)17-11(16)14-9-10(6-7-15)8-13(14,4)5;7-6-4-2-1-3-5-6/h6-10,15,20H,11-14H2,1-5H3;7,10H,6,8-9H2,1-5H3;1-5H,7H2. The molecule has 3 N–H and O–H groups in total. The largest absolute Gasteiger partial charge is 0.444 e. The van der Waals surface area contributed by atoms with E-state index in [1.165, 1.54) is 0 Å². The second-order valence-corrected chi connectivity index (χ2v) is 15.8. The topological polar surface area (TPSA) is 114 Å². The number of likely N-dealkylation sites (tertiary alicyclic amines) is 2. The van der Waals surface area contributed by atoms with Crippen molar-refractivity contribution in [2.24, 2.45) is 11.8 Å². The van der Waals surface area contributed by atoms with E-state index in [1.807, 2.05) is 109 Å². The van der Waals surface area contributed by atoms with Gasteiger partial charge in [0.05, 0.1) is 0 Å². The normalized spacial score (nSPS) is 19.8. The third-order valence-corrected chi connectivity index (χ3v) is 8.03. The fraction of sp³-hybridized carbons (Fsp3) is 0.605. The number of amides is 2. The molecule has 2 amide bonds. The Balaban J connectivity index is 0.000000279. The predicted octanol–water partition coefficient (Wildman–Crippen LogP) is 8.40. The lowest BCUT2D eigenvalue weighted by Crippen LogP contribution is -2.45. The molecule has 2 aromatic rings. The van der Waals surface area contributed by atoms with E-state index in [1.54, 1.807) is 4.90 Å². The van der Waals surface area contributed by atoms with E-state index in [9.17, 15) is 14.4 Å². The molecule has 47 heavy (non-hydrogen) atoms. The Morgan fingerprint density at radius 3 is 1.62 bits per heavy atom. The van der Waals surface area contributed by atoms with Gasteiger partial charge in [0.2, 0.25) is 0 Å². The highest BCUT2D eigenvalue weighted by atomic mass is 16.6. The first-order valence-electron chi connectivity index (χ1n) is 16.8. The molecule has 0 aliphatic carbocycles. The van der Waals surface area contributed by atoms with Gasteiger partial charge in [0.15, 0.2) is 0 Å². The first kappa shape index (κ1) is 39.4. The number of rotatable bonds is 6. The molecular weight excluding hydrogens is 592 g/mol. The lowest BCUT2D eigenvalue weighted by molar-refractivity contribution is -0.108. The number of nitrogens with zero attached hydrogens (tertiary/aromatic N) is 2. The molecule has 2 aliphatic rings. The maximum atomic E-state index is 12.4. The Morgan fingerprint density at radius 2 is 1.21 bits per heavy atom. The molecule has 262 valence electrons. The highest BCUT2D eigenvalue weighted by Crippen LogP contribution is 2.36. The zero-order chi connectivity index (χ0) is 35.5. The third kappa shape index (κ3) is 14.3. The molecule has 2 heterocycles. The summed E-state index contributed by atoms with van der Waals surface area (Å²) in [7, 11) is 0. The number of hydrogen-bond donors (Lipinski definition) is 2. The Morgan fingerprint density at radius 1 is 0.787 bits per heavy atom. The van der Waals surface area contributed by atoms with Crippen molar-refractivity contribution in [3.63, 3.8) is 0 Å². The fourth-order valence-electron chi connectivity index (χ4n) is 5.97. The number of carbonyl (C=O) groups is 3. The van der Waals surface area contributed by atoms with Crippen LogP contribution >= 0.6 is 0 Å². The maximum Gasteiger partial charge on any atom is 0.410 e. The van der Waals surface area contributed by atoms with Crippen LogP contribution in [-0.4, -0.2) is 70.2 Å². The average Bonchev–Trinajstić information content (AvgIpc) is 3.42. The molecule has 9 nitrogen and oxygen atoms in total. The van der Waals surface area contributed by atoms with Crippen LogP contribution in [0.25, 0.3) is 0 Å². The van der Waals surface area contributed by atoms with Gasteiger partial charge in [0.25, 0.3) is 0 Å². The quantitative estimate of drug-likeness (QED) is 0.238. The molecule has 0 bridgehead atoms. The number of para-hydroxylation sites is 2. The minimum Gasteiger partial charge on any atom is -0.444 e. The number of benzene rings is 2. The van der Waals surface area contributed by atoms with Crippen molar-refractivity contribution in [2.45, 2.75) is 117 Å². The molecule has 9 heteroatoms. The van der Waals surface area contributed by atoms with Crippen LogP contribution in [0.2, 0.25) is 0 Å². The van der Waals surface area contributed by atoms with Gasteiger partial charge in [-0.3, -0.25) is 0 Å². The minimum absolute atomic E-state index is 0.139. The second kappa shape index (κ2) is 16.9. The molecule has 0 saturated carbocycles. The average molecular weight is 653 g/mol. The smallest absolute Gasteiger partial charge is 0.410 e. The van der Waals surface area contributed by atoms with Crippen molar-refractivity contribution < 1.29 is 23.9 Å². The third-order valence-electron chi connectivity index (χ3n) is 8.03. The summed E-state index contributed by atoms with van der Waals surface area (Å²) in [5.41, 5.74) is 6.04. The van der Waals surface area contributed by atoms with E-state index in [-0.39, 0.29) is 29.2 Å². The lowest BCUT2D eigenvalue weighted by Gasteiger charge is -2.33. The zero-order valence-electron chi connectivity index (χ0n) is 30.5. The SMILES string of the molecule is CC(C)(C)OC(=O)N1CC(CC=O)CC1(C)C.CC(C)(C)OC(=O)N1CC(CCNc2ccccc2)CC1(C)C.Nc1ccccc1. The monoisotopic (exact) mass is 652 g/mol. The Labute approximate surface area is 283 Å². The van der Waals surface area contributed by atoms with Crippen LogP contribution in [0.1, 0.15) is 94.9 Å². The molecule has 0 spiro atoms. The fourth-order valence-corrected chi connectivity index (χ4v) is 5.97. The molecule has 2 saturated heterocycles. The summed E-state index contributed by atoms with van der Waals surface area (Å²) in [6.07, 6.45) is 3.89. The first-order chi connectivity index (χ1) is 21.7. The maximum absolute atomic E-state index is 12.4. The molecule has 0 aromatic heterocycles. The number of nitrogen functional groups attached to an aromatic ring is 1. The van der Waals surface area contributed by atoms with E-state index < -0.39 is 11.2 Å². The van der Waals surface area contributed by atoms with E-state index in [4.69, 9.17) is 15.2 Å². The van der Waals surface area contributed by atoms with Crippen LogP contribution in [0.5, 0.6) is 0 Å². The Hall–Kier alpha value is -3.75. The molecular formula is C38H60N4O5.